The molecule has 0 saturated carbocycles. The van der Waals surface area contributed by atoms with Gasteiger partial charge in [0.25, 0.3) is 0 Å². The van der Waals surface area contributed by atoms with Gasteiger partial charge in [0.05, 0.1) is 7.11 Å². The number of methoxy groups -OCH3 is 1. The van der Waals surface area contributed by atoms with E-state index >= 15 is 0 Å². The Labute approximate surface area is 155 Å². The third-order valence-electron chi connectivity index (χ3n) is 3.74. The number of nitrogens with one attached hydrogen (secondary N) is 1. The molecule has 0 radical (unpaired) electrons. The molecule has 1 heterocycles. The number of aryl methyl sites for hydroxylation is 1. The Morgan fingerprint density at radius 2 is 1.96 bits per heavy atom. The van der Waals surface area contributed by atoms with Gasteiger partial charge in [-0.2, -0.15) is 0 Å². The molecule has 3 N–H and O–H groups in total. The Balaban J connectivity index is 1.87. The third kappa shape index (κ3) is 3.97. The minimum Gasteiger partial charge on any atom is -0.497 e. The molecule has 0 spiro atoms. The number of amides is 1. The van der Waals surface area contributed by atoms with Gasteiger partial charge >= 0.3 is 0 Å². The predicted octanol–water partition coefficient (Wildman–Crippen LogP) is 2.78. The van der Waals surface area contributed by atoms with Gasteiger partial charge in [0.2, 0.25) is 11.1 Å². The number of nitrogen functional groups attached to an aromatic ring is 1. The lowest BCUT2D eigenvalue weighted by atomic mass is 10.1. The molecule has 1 aromatic heterocycles. The van der Waals surface area contributed by atoms with Gasteiger partial charge < -0.3 is 15.9 Å². The first kappa shape index (κ1) is 17.8. The predicted molar refractivity (Wildman–Crippen MR) is 102 cm³/mol. The standard InChI is InChI=1S/C18H19N5O2S/c1-12-21-22-18(23(12)19)26-16(13-7-4-3-5-8-13)17(24)20-14-9-6-10-15(11-14)25-2/h3-11,16H,19H2,1-2H3,(H,20,24)/t16-/m1/s1. The van der Waals surface area contributed by atoms with Gasteiger partial charge in [0.1, 0.15) is 16.8 Å². The fourth-order valence-corrected chi connectivity index (χ4v) is 3.35. The maximum atomic E-state index is 13.0. The average molecular weight is 369 g/mol. The SMILES string of the molecule is COc1cccc(NC(=O)[C@H](Sc2nnc(C)n2N)c2ccccc2)c1. The lowest BCUT2D eigenvalue weighted by Gasteiger charge is -2.16. The molecular weight excluding hydrogens is 350 g/mol. The quantitative estimate of drug-likeness (QED) is 0.512. The van der Waals surface area contributed by atoms with Crippen LogP contribution >= 0.6 is 11.8 Å². The van der Waals surface area contributed by atoms with Gasteiger partial charge in [0, 0.05) is 11.8 Å². The van der Waals surface area contributed by atoms with Crippen molar-refractivity contribution in [2.45, 2.75) is 17.3 Å². The summed E-state index contributed by atoms with van der Waals surface area (Å²) < 4.78 is 6.58. The number of aromatic nitrogens is 3. The summed E-state index contributed by atoms with van der Waals surface area (Å²) in [5, 5.41) is 10.9. The summed E-state index contributed by atoms with van der Waals surface area (Å²) in [4.78, 5) is 13.0. The lowest BCUT2D eigenvalue weighted by molar-refractivity contribution is -0.115. The molecule has 134 valence electrons. The van der Waals surface area contributed by atoms with Gasteiger partial charge in [-0.05, 0) is 24.6 Å². The van der Waals surface area contributed by atoms with E-state index in [0.29, 0.717) is 22.4 Å². The zero-order valence-corrected chi connectivity index (χ0v) is 15.2. The molecule has 2 aromatic carbocycles. The Morgan fingerprint density at radius 3 is 2.62 bits per heavy atom. The van der Waals surface area contributed by atoms with Crippen molar-refractivity contribution in [1.29, 1.82) is 0 Å². The first-order chi connectivity index (χ1) is 12.6. The normalized spacial score (nSPS) is 11.8. The van der Waals surface area contributed by atoms with Crippen LogP contribution in [0.5, 0.6) is 5.75 Å². The van der Waals surface area contributed by atoms with Gasteiger partial charge in [0.15, 0.2) is 0 Å². The molecule has 0 unspecified atom stereocenters. The highest BCUT2D eigenvalue weighted by atomic mass is 32.2. The summed E-state index contributed by atoms with van der Waals surface area (Å²) in [6, 6.07) is 16.7. The number of ether oxygens (including phenoxy) is 1. The van der Waals surface area contributed by atoms with Crippen molar-refractivity contribution < 1.29 is 9.53 Å². The topological polar surface area (TPSA) is 95.1 Å². The second kappa shape index (κ2) is 7.92. The monoisotopic (exact) mass is 369 g/mol. The van der Waals surface area contributed by atoms with Crippen molar-refractivity contribution in [3.63, 3.8) is 0 Å². The second-order valence-corrected chi connectivity index (χ2v) is 6.60. The number of thioether (sulfide) groups is 1. The van der Waals surface area contributed by atoms with Gasteiger partial charge in [-0.1, -0.05) is 48.2 Å². The maximum Gasteiger partial charge on any atom is 0.242 e. The van der Waals surface area contributed by atoms with E-state index in [0.717, 1.165) is 5.56 Å². The third-order valence-corrected chi connectivity index (χ3v) is 4.95. The highest BCUT2D eigenvalue weighted by Gasteiger charge is 2.25. The molecule has 0 bridgehead atoms. The Kier molecular flexibility index (Phi) is 5.43. The Morgan fingerprint density at radius 1 is 1.19 bits per heavy atom. The molecule has 0 aliphatic heterocycles. The molecular formula is C18H19N5O2S. The average Bonchev–Trinajstić information content (AvgIpc) is 2.98. The molecule has 0 aliphatic rings. The molecule has 7 nitrogen and oxygen atoms in total. The van der Waals surface area contributed by atoms with Crippen LogP contribution in [0.25, 0.3) is 0 Å². The number of anilines is 1. The smallest absolute Gasteiger partial charge is 0.242 e. The molecule has 1 atom stereocenters. The van der Waals surface area contributed by atoms with Crippen LogP contribution in [-0.2, 0) is 4.79 Å². The summed E-state index contributed by atoms with van der Waals surface area (Å²) in [7, 11) is 1.58. The van der Waals surface area contributed by atoms with E-state index in [4.69, 9.17) is 10.6 Å². The zero-order chi connectivity index (χ0) is 18.5. The van der Waals surface area contributed by atoms with Crippen LogP contribution in [0.3, 0.4) is 0 Å². The van der Waals surface area contributed by atoms with E-state index in [2.05, 4.69) is 15.5 Å². The van der Waals surface area contributed by atoms with Crippen molar-refractivity contribution in [2.24, 2.45) is 0 Å². The molecule has 3 aromatic rings. The van der Waals surface area contributed by atoms with Crippen molar-refractivity contribution in [2.75, 3.05) is 18.3 Å². The van der Waals surface area contributed by atoms with Crippen LogP contribution < -0.4 is 15.9 Å². The van der Waals surface area contributed by atoms with Gasteiger partial charge in [-0.15, -0.1) is 10.2 Å². The molecule has 26 heavy (non-hydrogen) atoms. The summed E-state index contributed by atoms with van der Waals surface area (Å²) in [6.07, 6.45) is 0. The second-order valence-electron chi connectivity index (χ2n) is 5.53. The number of carbonyl (C=O) groups excluding carboxylic acids is 1. The maximum absolute atomic E-state index is 13.0. The molecule has 0 saturated heterocycles. The number of nitrogens with two attached hydrogens (primary N) is 1. The van der Waals surface area contributed by atoms with E-state index in [1.807, 2.05) is 48.5 Å². The minimum atomic E-state index is -0.534. The largest absolute Gasteiger partial charge is 0.497 e. The van der Waals surface area contributed by atoms with Crippen molar-refractivity contribution in [1.82, 2.24) is 14.9 Å². The van der Waals surface area contributed by atoms with E-state index < -0.39 is 5.25 Å². The number of hydrogen-bond donors (Lipinski definition) is 2. The Bertz CT molecular complexity index is 898. The van der Waals surface area contributed by atoms with E-state index in [1.165, 1.54) is 16.4 Å². The van der Waals surface area contributed by atoms with Crippen LogP contribution in [-0.4, -0.2) is 27.9 Å². The first-order valence-electron chi connectivity index (χ1n) is 7.92. The van der Waals surface area contributed by atoms with Crippen molar-refractivity contribution in [3.8, 4) is 5.75 Å². The summed E-state index contributed by atoms with van der Waals surface area (Å²) in [6.45, 7) is 1.75. The number of nitrogens with zero attached hydrogens (tertiary/aromatic N) is 3. The van der Waals surface area contributed by atoms with Crippen molar-refractivity contribution >= 4 is 23.4 Å². The van der Waals surface area contributed by atoms with E-state index in [-0.39, 0.29) is 5.91 Å². The molecule has 8 heteroatoms. The van der Waals surface area contributed by atoms with Crippen LogP contribution in [0.15, 0.2) is 59.8 Å². The van der Waals surface area contributed by atoms with Crippen LogP contribution in [0.4, 0.5) is 5.69 Å². The van der Waals surface area contributed by atoms with Gasteiger partial charge in [-0.25, -0.2) is 4.68 Å². The fourth-order valence-electron chi connectivity index (χ4n) is 2.35. The number of rotatable bonds is 6. The van der Waals surface area contributed by atoms with E-state index in [1.54, 1.807) is 20.1 Å². The summed E-state index contributed by atoms with van der Waals surface area (Å²) >= 11 is 1.25. The number of hydrogen-bond acceptors (Lipinski definition) is 6. The summed E-state index contributed by atoms with van der Waals surface area (Å²) in [5.74, 6) is 7.00. The van der Waals surface area contributed by atoms with Crippen LogP contribution in [0.1, 0.15) is 16.6 Å². The number of carbonyl (C=O) groups is 1. The van der Waals surface area contributed by atoms with Crippen LogP contribution in [0, 0.1) is 6.92 Å². The molecule has 0 aliphatic carbocycles. The van der Waals surface area contributed by atoms with Crippen molar-refractivity contribution in [3.05, 3.63) is 66.0 Å². The van der Waals surface area contributed by atoms with Crippen LogP contribution in [0.2, 0.25) is 0 Å². The zero-order valence-electron chi connectivity index (χ0n) is 14.4. The van der Waals surface area contributed by atoms with E-state index in [9.17, 15) is 4.79 Å². The highest BCUT2D eigenvalue weighted by Crippen LogP contribution is 2.35. The first-order valence-corrected chi connectivity index (χ1v) is 8.80. The molecule has 1 amide bonds. The molecule has 3 rings (SSSR count). The molecule has 0 fully saturated rings. The lowest BCUT2D eigenvalue weighted by Crippen LogP contribution is -2.20. The number of benzene rings is 2. The minimum absolute atomic E-state index is 0.185. The van der Waals surface area contributed by atoms with Gasteiger partial charge in [-0.3, -0.25) is 4.79 Å². The Hall–Kier alpha value is -3.00. The fraction of sp³-hybridized carbons (Fsp3) is 0.167. The highest BCUT2D eigenvalue weighted by molar-refractivity contribution is 8.00. The summed E-state index contributed by atoms with van der Waals surface area (Å²) in [5.41, 5.74) is 1.50.